The molecule has 0 radical (unpaired) electrons. The highest BCUT2D eigenvalue weighted by Gasteiger charge is 2.09. The number of amides is 2. The fraction of sp³-hybridized carbons (Fsp3) is 0. The van der Waals surface area contributed by atoms with Gasteiger partial charge in [0, 0.05) is 23.2 Å². The maximum atomic E-state index is 11.1. The summed E-state index contributed by atoms with van der Waals surface area (Å²) in [6.07, 6.45) is 2.82. The first kappa shape index (κ1) is 12.0. The normalized spacial score (nSPS) is 10.8. The number of carbonyl (C=O) groups is 2. The quantitative estimate of drug-likeness (QED) is 0.673. The van der Waals surface area contributed by atoms with Crippen molar-refractivity contribution in [3.63, 3.8) is 0 Å². The molecule has 20 heavy (non-hydrogen) atoms. The van der Waals surface area contributed by atoms with Gasteiger partial charge < -0.3 is 11.5 Å². The molecule has 2 amide bonds. The largest absolute Gasteiger partial charge is 0.366 e. The SMILES string of the molecule is NC(=O)c1cnc2c(ccc3cc(C(N)=O)cnc32)c1. The number of nitrogens with zero attached hydrogens (tertiary/aromatic N) is 2. The number of pyridine rings is 2. The van der Waals surface area contributed by atoms with E-state index in [9.17, 15) is 9.59 Å². The molecule has 6 nitrogen and oxygen atoms in total. The van der Waals surface area contributed by atoms with E-state index in [0.717, 1.165) is 10.8 Å². The number of hydrogen-bond acceptors (Lipinski definition) is 4. The van der Waals surface area contributed by atoms with Crippen LogP contribution in [0.2, 0.25) is 0 Å². The molecular weight excluding hydrogens is 256 g/mol. The van der Waals surface area contributed by atoms with Gasteiger partial charge in [-0.15, -0.1) is 0 Å². The minimum atomic E-state index is -0.531. The molecule has 0 aliphatic carbocycles. The average Bonchev–Trinajstić information content (AvgIpc) is 2.45. The smallest absolute Gasteiger partial charge is 0.250 e. The van der Waals surface area contributed by atoms with Crippen molar-refractivity contribution in [3.05, 3.63) is 47.8 Å². The lowest BCUT2D eigenvalue weighted by atomic mass is 10.1. The summed E-state index contributed by atoms with van der Waals surface area (Å²) in [5.74, 6) is -1.06. The molecule has 0 fully saturated rings. The first-order chi connectivity index (χ1) is 9.56. The molecule has 0 atom stereocenters. The molecule has 0 saturated carbocycles. The lowest BCUT2D eigenvalue weighted by molar-refractivity contribution is 0.0991. The van der Waals surface area contributed by atoms with Gasteiger partial charge in [-0.2, -0.15) is 0 Å². The highest BCUT2D eigenvalue weighted by molar-refractivity contribution is 6.06. The Morgan fingerprint density at radius 2 is 1.20 bits per heavy atom. The Kier molecular flexibility index (Phi) is 2.57. The van der Waals surface area contributed by atoms with Crippen LogP contribution in [0.4, 0.5) is 0 Å². The zero-order chi connectivity index (χ0) is 14.3. The molecule has 4 N–H and O–H groups in total. The molecule has 0 aliphatic rings. The van der Waals surface area contributed by atoms with Gasteiger partial charge in [0.25, 0.3) is 0 Å². The molecule has 3 aromatic rings. The van der Waals surface area contributed by atoms with E-state index in [1.165, 1.54) is 12.4 Å². The van der Waals surface area contributed by atoms with Gasteiger partial charge in [0.05, 0.1) is 22.2 Å². The van der Waals surface area contributed by atoms with Gasteiger partial charge in [-0.3, -0.25) is 19.6 Å². The van der Waals surface area contributed by atoms with Crippen molar-refractivity contribution in [2.24, 2.45) is 11.5 Å². The summed E-state index contributed by atoms with van der Waals surface area (Å²) >= 11 is 0. The second-order valence-corrected chi connectivity index (χ2v) is 4.39. The molecule has 0 unspecified atom stereocenters. The maximum Gasteiger partial charge on any atom is 0.250 e. The van der Waals surface area contributed by atoms with Crippen LogP contribution in [0, 0.1) is 0 Å². The van der Waals surface area contributed by atoms with Crippen LogP contribution in [-0.2, 0) is 0 Å². The lowest BCUT2D eigenvalue weighted by Gasteiger charge is -2.04. The summed E-state index contributed by atoms with van der Waals surface area (Å²) in [7, 11) is 0. The Bertz CT molecular complexity index is 801. The van der Waals surface area contributed by atoms with Crippen LogP contribution in [-0.4, -0.2) is 21.8 Å². The minimum absolute atomic E-state index is 0.339. The highest BCUT2D eigenvalue weighted by atomic mass is 16.1. The van der Waals surface area contributed by atoms with Gasteiger partial charge >= 0.3 is 0 Å². The van der Waals surface area contributed by atoms with Gasteiger partial charge in [-0.25, -0.2) is 0 Å². The number of carbonyl (C=O) groups excluding carboxylic acids is 2. The molecule has 0 spiro atoms. The van der Waals surface area contributed by atoms with Crippen molar-refractivity contribution in [2.75, 3.05) is 0 Å². The summed E-state index contributed by atoms with van der Waals surface area (Å²) < 4.78 is 0. The number of rotatable bonds is 2. The molecule has 3 rings (SSSR count). The van der Waals surface area contributed by atoms with Crippen molar-refractivity contribution in [1.82, 2.24) is 9.97 Å². The summed E-state index contributed by atoms with van der Waals surface area (Å²) in [5, 5.41) is 1.52. The van der Waals surface area contributed by atoms with Crippen LogP contribution in [0.25, 0.3) is 21.8 Å². The molecule has 2 heterocycles. The number of nitrogens with two attached hydrogens (primary N) is 2. The highest BCUT2D eigenvalue weighted by Crippen LogP contribution is 2.23. The predicted octanol–water partition coefficient (Wildman–Crippen LogP) is 0.981. The Balaban J connectivity index is 2.31. The molecule has 98 valence electrons. The van der Waals surface area contributed by atoms with Crippen LogP contribution < -0.4 is 11.5 Å². The summed E-state index contributed by atoms with van der Waals surface area (Å²) in [5.41, 5.74) is 12.4. The van der Waals surface area contributed by atoms with Crippen molar-refractivity contribution in [1.29, 1.82) is 0 Å². The van der Waals surface area contributed by atoms with Gasteiger partial charge in [0.15, 0.2) is 0 Å². The van der Waals surface area contributed by atoms with Crippen LogP contribution in [0.15, 0.2) is 36.7 Å². The Morgan fingerprint density at radius 1 is 0.800 bits per heavy atom. The third-order valence-corrected chi connectivity index (χ3v) is 3.07. The second-order valence-electron chi connectivity index (χ2n) is 4.39. The van der Waals surface area contributed by atoms with E-state index >= 15 is 0 Å². The Morgan fingerprint density at radius 3 is 1.55 bits per heavy atom. The zero-order valence-electron chi connectivity index (χ0n) is 10.3. The molecule has 1 aromatic carbocycles. The molecule has 0 aliphatic heterocycles. The number of hydrogen-bond donors (Lipinski definition) is 2. The van der Waals surface area contributed by atoms with E-state index in [1.54, 1.807) is 24.3 Å². The van der Waals surface area contributed by atoms with E-state index in [2.05, 4.69) is 9.97 Å². The van der Waals surface area contributed by atoms with Crippen LogP contribution >= 0.6 is 0 Å². The second kappa shape index (κ2) is 4.27. The number of primary amides is 2. The van der Waals surface area contributed by atoms with Crippen molar-refractivity contribution in [3.8, 4) is 0 Å². The zero-order valence-corrected chi connectivity index (χ0v) is 10.3. The van der Waals surface area contributed by atoms with Crippen molar-refractivity contribution in [2.45, 2.75) is 0 Å². The first-order valence-electron chi connectivity index (χ1n) is 5.84. The monoisotopic (exact) mass is 266 g/mol. The Hall–Kier alpha value is -3.02. The fourth-order valence-electron chi connectivity index (χ4n) is 2.06. The molecule has 6 heteroatoms. The van der Waals surface area contributed by atoms with Crippen molar-refractivity contribution >= 4 is 33.6 Å². The van der Waals surface area contributed by atoms with Crippen LogP contribution in [0.5, 0.6) is 0 Å². The van der Waals surface area contributed by atoms with Gasteiger partial charge in [-0.05, 0) is 12.1 Å². The number of benzene rings is 1. The topological polar surface area (TPSA) is 112 Å². The summed E-state index contributed by atoms with van der Waals surface area (Å²) in [6, 6.07) is 6.91. The minimum Gasteiger partial charge on any atom is -0.366 e. The number of fused-ring (bicyclic) bond motifs is 3. The third-order valence-electron chi connectivity index (χ3n) is 3.07. The summed E-state index contributed by atoms with van der Waals surface area (Å²) in [4.78, 5) is 30.7. The van der Waals surface area contributed by atoms with E-state index in [4.69, 9.17) is 11.5 Å². The summed E-state index contributed by atoms with van der Waals surface area (Å²) in [6.45, 7) is 0. The van der Waals surface area contributed by atoms with Crippen LogP contribution in [0.1, 0.15) is 20.7 Å². The van der Waals surface area contributed by atoms with E-state index < -0.39 is 11.8 Å². The standard InChI is InChI=1S/C14H10N4O2/c15-13(19)9-3-7-1-2-8-4-10(14(16)20)6-18-12(8)11(7)17-5-9/h1-6H,(H2,15,19)(H2,16,20). The van der Waals surface area contributed by atoms with E-state index in [1.807, 2.05) is 0 Å². The third kappa shape index (κ3) is 1.83. The molecular formula is C14H10N4O2. The molecule has 0 bridgehead atoms. The van der Waals surface area contributed by atoms with Gasteiger partial charge in [0.2, 0.25) is 11.8 Å². The molecule has 0 saturated heterocycles. The lowest BCUT2D eigenvalue weighted by Crippen LogP contribution is -2.11. The van der Waals surface area contributed by atoms with E-state index in [-0.39, 0.29) is 0 Å². The predicted molar refractivity (Wildman–Crippen MR) is 74.1 cm³/mol. The fourth-order valence-corrected chi connectivity index (χ4v) is 2.06. The van der Waals surface area contributed by atoms with Crippen LogP contribution in [0.3, 0.4) is 0 Å². The Labute approximate surface area is 113 Å². The average molecular weight is 266 g/mol. The van der Waals surface area contributed by atoms with Crippen molar-refractivity contribution < 1.29 is 9.59 Å². The van der Waals surface area contributed by atoms with Gasteiger partial charge in [-0.1, -0.05) is 12.1 Å². The maximum absolute atomic E-state index is 11.1. The van der Waals surface area contributed by atoms with Gasteiger partial charge in [0.1, 0.15) is 0 Å². The molecule has 2 aromatic heterocycles. The number of aromatic nitrogens is 2. The first-order valence-corrected chi connectivity index (χ1v) is 5.84. The van der Waals surface area contributed by atoms with E-state index in [0.29, 0.717) is 22.2 Å².